The molecule has 0 fully saturated rings. The summed E-state index contributed by atoms with van der Waals surface area (Å²) in [6.45, 7) is 1.83. The van der Waals surface area contributed by atoms with E-state index in [1.807, 2.05) is 6.92 Å². The highest BCUT2D eigenvalue weighted by atomic mass is 35.5. The molecule has 0 spiro atoms. The van der Waals surface area contributed by atoms with Crippen LogP contribution in [0.4, 0.5) is 5.13 Å². The number of aromatic nitrogens is 4. The van der Waals surface area contributed by atoms with Crippen LogP contribution in [0.1, 0.15) is 10.7 Å². The molecule has 1 aromatic carbocycles. The standard InChI is InChI=1S/C12H8ClN5O2S/c1-7-15-16-12(21-7)14-6-10-11(19)20-17-18(10)9-4-2-8(13)3-5-9/h2-6H,1H3/p+1. The molecular weight excluding hydrogens is 314 g/mol. The van der Waals surface area contributed by atoms with E-state index >= 15 is 0 Å². The Hall–Kier alpha value is -2.32. The van der Waals surface area contributed by atoms with Crippen LogP contribution in [0.5, 0.6) is 0 Å². The molecule has 7 nitrogen and oxygen atoms in total. The highest BCUT2D eigenvalue weighted by molar-refractivity contribution is 7.14. The fourth-order valence-electron chi connectivity index (χ4n) is 1.63. The van der Waals surface area contributed by atoms with Gasteiger partial charge in [0.15, 0.2) is 0 Å². The molecule has 0 atom stereocenters. The minimum absolute atomic E-state index is 0.241. The molecule has 0 amide bonds. The van der Waals surface area contributed by atoms with Gasteiger partial charge < -0.3 is 0 Å². The Labute approximate surface area is 127 Å². The van der Waals surface area contributed by atoms with Gasteiger partial charge in [-0.05, 0) is 29.0 Å². The van der Waals surface area contributed by atoms with Gasteiger partial charge in [0.25, 0.3) is 0 Å². The molecule has 2 heterocycles. The first-order valence-electron chi connectivity index (χ1n) is 5.87. The lowest BCUT2D eigenvalue weighted by molar-refractivity contribution is -0.671. The van der Waals surface area contributed by atoms with Crippen molar-refractivity contribution in [3.8, 4) is 5.69 Å². The maximum absolute atomic E-state index is 11.7. The van der Waals surface area contributed by atoms with Gasteiger partial charge in [0, 0.05) is 17.2 Å². The maximum Gasteiger partial charge on any atom is 0.436 e. The van der Waals surface area contributed by atoms with Crippen molar-refractivity contribution in [2.24, 2.45) is 4.99 Å². The third kappa shape index (κ3) is 2.91. The lowest BCUT2D eigenvalue weighted by Crippen LogP contribution is -2.38. The number of rotatable bonds is 3. The van der Waals surface area contributed by atoms with Crippen LogP contribution in [-0.4, -0.2) is 21.7 Å². The molecule has 0 radical (unpaired) electrons. The molecule has 1 N–H and O–H groups in total. The van der Waals surface area contributed by atoms with Crippen LogP contribution in [0.25, 0.3) is 5.69 Å². The third-order valence-corrected chi connectivity index (χ3v) is 3.58. The Bertz CT molecular complexity index is 849. The summed E-state index contributed by atoms with van der Waals surface area (Å²) < 4.78 is 6.27. The van der Waals surface area contributed by atoms with E-state index in [2.05, 4.69) is 20.5 Å². The highest BCUT2D eigenvalue weighted by Gasteiger charge is 2.21. The quantitative estimate of drug-likeness (QED) is 0.588. The summed E-state index contributed by atoms with van der Waals surface area (Å²) in [6.07, 6.45) is 1.39. The van der Waals surface area contributed by atoms with Crippen molar-refractivity contribution in [1.29, 1.82) is 0 Å². The van der Waals surface area contributed by atoms with Crippen LogP contribution >= 0.6 is 22.9 Å². The second kappa shape index (κ2) is 5.58. The van der Waals surface area contributed by atoms with Gasteiger partial charge in [0.05, 0.1) is 0 Å². The molecule has 0 aliphatic heterocycles. The zero-order valence-corrected chi connectivity index (χ0v) is 12.4. The summed E-state index contributed by atoms with van der Waals surface area (Å²) in [7, 11) is 0. The highest BCUT2D eigenvalue weighted by Crippen LogP contribution is 2.16. The topological polar surface area (TPSA) is 88.0 Å². The van der Waals surface area contributed by atoms with Crippen molar-refractivity contribution in [3.05, 3.63) is 50.4 Å². The van der Waals surface area contributed by atoms with Crippen LogP contribution < -0.4 is 10.3 Å². The summed E-state index contributed by atoms with van der Waals surface area (Å²) in [5, 5.41) is 12.1. The SMILES string of the molecule is Cc1nnc(N=Cc2c(=O)o[nH][n+]2-c2ccc(Cl)cc2)s1. The molecule has 0 aliphatic carbocycles. The summed E-state index contributed by atoms with van der Waals surface area (Å²) in [5.74, 6) is 0. The van der Waals surface area contributed by atoms with Gasteiger partial charge in [0.2, 0.25) is 10.8 Å². The van der Waals surface area contributed by atoms with E-state index in [0.717, 1.165) is 5.01 Å². The number of nitrogens with zero attached hydrogens (tertiary/aromatic N) is 4. The summed E-state index contributed by atoms with van der Waals surface area (Å²) >= 11 is 7.17. The molecule has 21 heavy (non-hydrogen) atoms. The summed E-state index contributed by atoms with van der Waals surface area (Å²) in [5.41, 5.74) is 0.403. The largest absolute Gasteiger partial charge is 0.436 e. The monoisotopic (exact) mass is 322 g/mol. The van der Waals surface area contributed by atoms with E-state index < -0.39 is 5.63 Å². The summed E-state index contributed by atoms with van der Waals surface area (Å²) in [4.78, 5) is 15.9. The first-order valence-corrected chi connectivity index (χ1v) is 7.06. The summed E-state index contributed by atoms with van der Waals surface area (Å²) in [6, 6.07) is 6.93. The van der Waals surface area contributed by atoms with Crippen LogP contribution in [0.15, 0.2) is 38.6 Å². The Morgan fingerprint density at radius 2 is 2.14 bits per heavy atom. The van der Waals surface area contributed by atoms with Crippen molar-refractivity contribution in [2.45, 2.75) is 6.92 Å². The smallest absolute Gasteiger partial charge is 0.282 e. The van der Waals surface area contributed by atoms with E-state index in [0.29, 0.717) is 15.8 Å². The number of hydrogen-bond donors (Lipinski definition) is 1. The fourth-order valence-corrected chi connectivity index (χ4v) is 2.29. The molecular formula is C12H9ClN5O2S+. The van der Waals surface area contributed by atoms with Crippen molar-refractivity contribution < 1.29 is 9.20 Å². The molecule has 0 aliphatic rings. The Kier molecular flexibility index (Phi) is 3.63. The van der Waals surface area contributed by atoms with E-state index in [1.54, 1.807) is 24.3 Å². The zero-order chi connectivity index (χ0) is 14.8. The van der Waals surface area contributed by atoms with E-state index in [-0.39, 0.29) is 5.69 Å². The van der Waals surface area contributed by atoms with Crippen molar-refractivity contribution in [2.75, 3.05) is 0 Å². The van der Waals surface area contributed by atoms with E-state index in [1.165, 1.54) is 22.2 Å². The molecule has 0 saturated carbocycles. The number of benzene rings is 1. The zero-order valence-electron chi connectivity index (χ0n) is 10.8. The minimum atomic E-state index is -0.532. The number of hydrogen-bond acceptors (Lipinski definition) is 6. The van der Waals surface area contributed by atoms with Gasteiger partial charge in [0.1, 0.15) is 11.2 Å². The van der Waals surface area contributed by atoms with Crippen LogP contribution in [0, 0.1) is 6.92 Å². The Balaban J connectivity index is 1.99. The fraction of sp³-hybridized carbons (Fsp3) is 0.0833. The molecule has 0 saturated heterocycles. The van der Waals surface area contributed by atoms with Gasteiger partial charge in [-0.15, -0.1) is 10.2 Å². The second-order valence-corrected chi connectivity index (χ2v) is 5.64. The lowest BCUT2D eigenvalue weighted by atomic mass is 10.3. The lowest BCUT2D eigenvalue weighted by Gasteiger charge is -1.91. The third-order valence-electron chi connectivity index (χ3n) is 2.58. The Morgan fingerprint density at radius 1 is 1.38 bits per heavy atom. The Morgan fingerprint density at radius 3 is 2.81 bits per heavy atom. The predicted octanol–water partition coefficient (Wildman–Crippen LogP) is 1.81. The van der Waals surface area contributed by atoms with Crippen LogP contribution in [-0.2, 0) is 0 Å². The first kappa shape index (κ1) is 13.7. The number of halogens is 1. The minimum Gasteiger partial charge on any atom is -0.282 e. The van der Waals surface area contributed by atoms with Gasteiger partial charge in [-0.3, -0.25) is 4.52 Å². The first-order chi connectivity index (χ1) is 10.1. The molecule has 0 unspecified atom stereocenters. The average molecular weight is 323 g/mol. The molecule has 9 heteroatoms. The predicted molar refractivity (Wildman–Crippen MR) is 77.8 cm³/mol. The normalized spacial score (nSPS) is 11.3. The van der Waals surface area contributed by atoms with Gasteiger partial charge in [-0.1, -0.05) is 22.9 Å². The number of H-pyrrole nitrogens is 1. The molecule has 3 rings (SSSR count). The van der Waals surface area contributed by atoms with E-state index in [9.17, 15) is 4.79 Å². The van der Waals surface area contributed by atoms with Gasteiger partial charge in [-0.25, -0.2) is 9.79 Å². The van der Waals surface area contributed by atoms with Crippen molar-refractivity contribution in [3.63, 3.8) is 0 Å². The van der Waals surface area contributed by atoms with Gasteiger partial charge in [-0.2, -0.15) is 0 Å². The van der Waals surface area contributed by atoms with Crippen molar-refractivity contribution in [1.82, 2.24) is 15.5 Å². The number of aromatic amines is 1. The van der Waals surface area contributed by atoms with Crippen LogP contribution in [0.3, 0.4) is 0 Å². The van der Waals surface area contributed by atoms with Crippen molar-refractivity contribution >= 4 is 34.3 Å². The maximum atomic E-state index is 11.7. The molecule has 3 aromatic rings. The number of aliphatic imine (C=N–C) groups is 1. The molecule has 2 aromatic heterocycles. The molecule has 106 valence electrons. The molecule has 0 bridgehead atoms. The number of nitrogens with one attached hydrogen (secondary N) is 1. The van der Waals surface area contributed by atoms with E-state index in [4.69, 9.17) is 16.1 Å². The van der Waals surface area contributed by atoms with Crippen LogP contribution in [0.2, 0.25) is 5.02 Å². The second-order valence-electron chi connectivity index (χ2n) is 4.04. The van der Waals surface area contributed by atoms with Gasteiger partial charge >= 0.3 is 11.3 Å². The number of aryl methyl sites for hydroxylation is 1. The average Bonchev–Trinajstić information content (AvgIpc) is 3.04.